The van der Waals surface area contributed by atoms with Gasteiger partial charge >= 0.3 is 0 Å². The van der Waals surface area contributed by atoms with Crippen molar-refractivity contribution in [2.24, 2.45) is 0 Å². The van der Waals surface area contributed by atoms with Gasteiger partial charge < -0.3 is 14.8 Å². The number of amides is 1. The fourth-order valence-electron chi connectivity index (χ4n) is 1.99. The highest BCUT2D eigenvalue weighted by atomic mass is 16.5. The number of ether oxygens (including phenoxy) is 2. The quantitative estimate of drug-likeness (QED) is 0.824. The van der Waals surface area contributed by atoms with Crippen molar-refractivity contribution in [3.63, 3.8) is 0 Å². The third kappa shape index (κ3) is 4.16. The molecule has 0 aliphatic carbocycles. The largest absolute Gasteiger partial charge is 0.496 e. The number of carbonyl (C=O) groups is 1. The molecule has 4 heteroatoms. The second-order valence-corrected chi connectivity index (χ2v) is 4.47. The van der Waals surface area contributed by atoms with E-state index in [9.17, 15) is 4.79 Å². The van der Waals surface area contributed by atoms with Crippen LogP contribution in [0.4, 0.5) is 0 Å². The van der Waals surface area contributed by atoms with E-state index in [1.54, 1.807) is 14.2 Å². The lowest BCUT2D eigenvalue weighted by molar-refractivity contribution is -0.121. The molecule has 0 aliphatic rings. The van der Waals surface area contributed by atoms with Crippen LogP contribution in [0.2, 0.25) is 0 Å². The van der Waals surface area contributed by atoms with Gasteiger partial charge in [-0.15, -0.1) is 0 Å². The molecule has 4 nitrogen and oxygen atoms in total. The summed E-state index contributed by atoms with van der Waals surface area (Å²) in [5.74, 6) is 1.64. The third-order valence-electron chi connectivity index (χ3n) is 3.10. The maximum absolute atomic E-state index is 11.6. The lowest BCUT2D eigenvalue weighted by Gasteiger charge is -2.15. The van der Waals surface area contributed by atoms with Gasteiger partial charge in [0.1, 0.15) is 11.5 Å². The first-order valence-electron chi connectivity index (χ1n) is 6.61. The van der Waals surface area contributed by atoms with Gasteiger partial charge in [0.15, 0.2) is 0 Å². The molecule has 19 heavy (non-hydrogen) atoms. The van der Waals surface area contributed by atoms with Crippen molar-refractivity contribution < 1.29 is 14.3 Å². The zero-order valence-electron chi connectivity index (χ0n) is 12.2. The Kier molecular flexibility index (Phi) is 6.19. The van der Waals surface area contributed by atoms with Crippen molar-refractivity contribution in [1.82, 2.24) is 5.32 Å². The number of rotatable bonds is 7. The number of nitrogens with one attached hydrogen (secondary N) is 1. The van der Waals surface area contributed by atoms with Gasteiger partial charge in [-0.05, 0) is 25.5 Å². The molecule has 1 N–H and O–H groups in total. The van der Waals surface area contributed by atoms with Crippen LogP contribution in [0.25, 0.3) is 0 Å². The minimum absolute atomic E-state index is 0.0809. The highest BCUT2D eigenvalue weighted by molar-refractivity contribution is 5.75. The molecule has 0 unspecified atom stereocenters. The average molecular weight is 265 g/mol. The van der Waals surface area contributed by atoms with Crippen LogP contribution in [0.5, 0.6) is 11.5 Å². The Hall–Kier alpha value is -1.71. The fourth-order valence-corrected chi connectivity index (χ4v) is 1.99. The zero-order chi connectivity index (χ0) is 14.3. The fraction of sp³-hybridized carbons (Fsp3) is 0.533. The summed E-state index contributed by atoms with van der Waals surface area (Å²) in [7, 11) is 3.26. The van der Waals surface area contributed by atoms with Crippen LogP contribution in [0, 0.1) is 6.92 Å². The van der Waals surface area contributed by atoms with Crippen molar-refractivity contribution >= 4 is 5.91 Å². The first-order chi connectivity index (χ1) is 9.13. The summed E-state index contributed by atoms with van der Waals surface area (Å²) < 4.78 is 10.7. The molecule has 0 atom stereocenters. The standard InChI is InChI=1S/C15H23NO3/c1-5-6-7-14(17)16-10-12-8-9-13(18-3)11(2)15(12)19-4/h8-9H,5-7,10H2,1-4H3,(H,16,17). The third-order valence-corrected chi connectivity index (χ3v) is 3.10. The van der Waals surface area contributed by atoms with E-state index in [4.69, 9.17) is 9.47 Å². The SMILES string of the molecule is CCCCC(=O)NCc1ccc(OC)c(C)c1OC. The highest BCUT2D eigenvalue weighted by Gasteiger charge is 2.11. The summed E-state index contributed by atoms with van der Waals surface area (Å²) in [4.78, 5) is 11.6. The van der Waals surface area contributed by atoms with Crippen molar-refractivity contribution in [3.05, 3.63) is 23.3 Å². The Bertz CT molecular complexity index is 430. The maximum Gasteiger partial charge on any atom is 0.220 e. The number of carbonyl (C=O) groups excluding carboxylic acids is 1. The Balaban J connectivity index is 2.73. The van der Waals surface area contributed by atoms with Crippen LogP contribution >= 0.6 is 0 Å². The van der Waals surface area contributed by atoms with Crippen molar-refractivity contribution in [2.75, 3.05) is 14.2 Å². The lowest BCUT2D eigenvalue weighted by Crippen LogP contribution is -2.22. The molecule has 0 heterocycles. The van der Waals surface area contributed by atoms with Crippen molar-refractivity contribution in [1.29, 1.82) is 0 Å². The molecule has 1 aromatic rings. The van der Waals surface area contributed by atoms with E-state index < -0.39 is 0 Å². The summed E-state index contributed by atoms with van der Waals surface area (Å²) >= 11 is 0. The average Bonchev–Trinajstić information content (AvgIpc) is 2.42. The first kappa shape index (κ1) is 15.3. The molecule has 106 valence electrons. The molecule has 1 aromatic carbocycles. The van der Waals surface area contributed by atoms with Gasteiger partial charge in [-0.3, -0.25) is 4.79 Å². The van der Waals surface area contributed by atoms with Gasteiger partial charge in [0.05, 0.1) is 14.2 Å². The van der Waals surface area contributed by atoms with E-state index in [2.05, 4.69) is 12.2 Å². The van der Waals surface area contributed by atoms with Crippen LogP contribution < -0.4 is 14.8 Å². The molecule has 0 aliphatic heterocycles. The number of hydrogen-bond donors (Lipinski definition) is 1. The summed E-state index contributed by atoms with van der Waals surface area (Å²) in [6.45, 7) is 4.50. The zero-order valence-corrected chi connectivity index (χ0v) is 12.2. The van der Waals surface area contributed by atoms with Gasteiger partial charge in [0.25, 0.3) is 0 Å². The summed E-state index contributed by atoms with van der Waals surface area (Å²) in [6, 6.07) is 3.82. The summed E-state index contributed by atoms with van der Waals surface area (Å²) in [5, 5.41) is 2.91. The van der Waals surface area contributed by atoms with Gasteiger partial charge in [-0.1, -0.05) is 13.3 Å². The normalized spacial score (nSPS) is 10.1. The van der Waals surface area contributed by atoms with Crippen LogP contribution in [-0.4, -0.2) is 20.1 Å². The van der Waals surface area contributed by atoms with E-state index in [0.717, 1.165) is 35.5 Å². The summed E-state index contributed by atoms with van der Waals surface area (Å²) in [6.07, 6.45) is 2.52. The van der Waals surface area contributed by atoms with Gasteiger partial charge in [-0.25, -0.2) is 0 Å². The second kappa shape index (κ2) is 7.67. The number of methoxy groups -OCH3 is 2. The van der Waals surface area contributed by atoms with E-state index in [0.29, 0.717) is 13.0 Å². The van der Waals surface area contributed by atoms with Crippen LogP contribution in [-0.2, 0) is 11.3 Å². The Morgan fingerprint density at radius 3 is 2.58 bits per heavy atom. The van der Waals surface area contributed by atoms with Gasteiger partial charge in [0.2, 0.25) is 5.91 Å². The lowest BCUT2D eigenvalue weighted by atomic mass is 10.1. The first-order valence-corrected chi connectivity index (χ1v) is 6.61. The predicted octanol–water partition coefficient (Wildman–Crippen LogP) is 2.82. The monoisotopic (exact) mass is 265 g/mol. The topological polar surface area (TPSA) is 47.6 Å². The number of benzene rings is 1. The molecule has 0 bridgehead atoms. The number of unbranched alkanes of at least 4 members (excludes halogenated alkanes) is 1. The molecule has 0 saturated carbocycles. The Morgan fingerprint density at radius 1 is 1.26 bits per heavy atom. The predicted molar refractivity (Wildman–Crippen MR) is 75.7 cm³/mol. The van der Waals surface area contributed by atoms with Crippen LogP contribution in [0.1, 0.15) is 37.3 Å². The van der Waals surface area contributed by atoms with Gasteiger partial charge in [-0.2, -0.15) is 0 Å². The molecule has 0 spiro atoms. The smallest absolute Gasteiger partial charge is 0.220 e. The molecule has 0 saturated heterocycles. The molecule has 0 aromatic heterocycles. The van der Waals surface area contributed by atoms with E-state index in [-0.39, 0.29) is 5.91 Å². The minimum Gasteiger partial charge on any atom is -0.496 e. The van der Waals surface area contributed by atoms with E-state index in [1.807, 2.05) is 19.1 Å². The molecule has 1 rings (SSSR count). The molecule has 0 fully saturated rings. The highest BCUT2D eigenvalue weighted by Crippen LogP contribution is 2.31. The summed E-state index contributed by atoms with van der Waals surface area (Å²) in [5.41, 5.74) is 1.91. The minimum atomic E-state index is 0.0809. The molecule has 1 amide bonds. The van der Waals surface area contributed by atoms with Crippen LogP contribution in [0.15, 0.2) is 12.1 Å². The number of hydrogen-bond acceptors (Lipinski definition) is 3. The van der Waals surface area contributed by atoms with E-state index in [1.165, 1.54) is 0 Å². The second-order valence-electron chi connectivity index (χ2n) is 4.47. The molecular weight excluding hydrogens is 242 g/mol. The molecular formula is C15H23NO3. The van der Waals surface area contributed by atoms with Crippen molar-refractivity contribution in [3.8, 4) is 11.5 Å². The Morgan fingerprint density at radius 2 is 2.00 bits per heavy atom. The maximum atomic E-state index is 11.6. The Labute approximate surface area is 115 Å². The van der Waals surface area contributed by atoms with Crippen molar-refractivity contribution in [2.45, 2.75) is 39.7 Å². The van der Waals surface area contributed by atoms with Crippen LogP contribution in [0.3, 0.4) is 0 Å². The van der Waals surface area contributed by atoms with E-state index >= 15 is 0 Å². The molecule has 0 radical (unpaired) electrons. The van der Waals surface area contributed by atoms with Gasteiger partial charge in [0, 0.05) is 24.1 Å².